The van der Waals surface area contributed by atoms with E-state index in [1.165, 1.54) is 25.2 Å². The minimum Gasteiger partial charge on any atom is -0.323 e. The van der Waals surface area contributed by atoms with Gasteiger partial charge >= 0.3 is 6.03 Å². The summed E-state index contributed by atoms with van der Waals surface area (Å²) >= 11 is 0. The highest BCUT2D eigenvalue weighted by Crippen LogP contribution is 2.22. The number of amides is 2. The topological polar surface area (TPSA) is 73.0 Å². The summed E-state index contributed by atoms with van der Waals surface area (Å²) in [6.07, 6.45) is 5.06. The van der Waals surface area contributed by atoms with Crippen LogP contribution in [0, 0.1) is 12.7 Å². The molecule has 3 rings (SSSR count). The van der Waals surface area contributed by atoms with Gasteiger partial charge in [0.1, 0.15) is 5.82 Å². The molecule has 0 aliphatic carbocycles. The zero-order valence-corrected chi connectivity index (χ0v) is 18.0. The van der Waals surface area contributed by atoms with Crippen molar-refractivity contribution >= 4 is 21.7 Å². The number of nitrogens with one attached hydrogen (secondary N) is 1. The van der Waals surface area contributed by atoms with Crippen molar-refractivity contribution in [3.8, 4) is 0 Å². The fraction of sp³-hybridized carbons (Fsp3) is 0.650. The lowest BCUT2D eigenvalue weighted by molar-refractivity contribution is 0.217. The monoisotopic (exact) mass is 426 g/mol. The molecule has 1 aromatic rings. The standard InChI is InChI=1S/C20H31FN4O3S/c1-16-18(21)7-5-8-19(16)22-20(26)24-14-9-17(15-24)25(29(2,27)28)13-6-12-23-10-3-4-11-23/h5,7-8,17H,3-4,6,9-15H2,1-2H3,(H,22,26). The number of halogens is 1. The van der Waals surface area contributed by atoms with Crippen LogP contribution in [-0.2, 0) is 10.0 Å². The van der Waals surface area contributed by atoms with E-state index in [1.807, 2.05) is 0 Å². The van der Waals surface area contributed by atoms with Crippen molar-refractivity contribution in [2.24, 2.45) is 0 Å². The lowest BCUT2D eigenvalue weighted by Gasteiger charge is -2.27. The van der Waals surface area contributed by atoms with Gasteiger partial charge in [-0.25, -0.2) is 17.6 Å². The van der Waals surface area contributed by atoms with Gasteiger partial charge in [0.15, 0.2) is 0 Å². The van der Waals surface area contributed by atoms with E-state index in [0.717, 1.165) is 26.1 Å². The molecule has 1 aromatic carbocycles. The number of hydrogen-bond donors (Lipinski definition) is 1. The average Bonchev–Trinajstić information content (AvgIpc) is 3.33. The van der Waals surface area contributed by atoms with E-state index in [1.54, 1.807) is 28.3 Å². The Morgan fingerprint density at radius 2 is 2.00 bits per heavy atom. The van der Waals surface area contributed by atoms with Gasteiger partial charge in [-0.05, 0) is 64.4 Å². The number of rotatable bonds is 7. The Morgan fingerprint density at radius 3 is 2.69 bits per heavy atom. The predicted octanol–water partition coefficient (Wildman–Crippen LogP) is 2.49. The molecule has 0 radical (unpaired) electrons. The van der Waals surface area contributed by atoms with Gasteiger partial charge < -0.3 is 15.1 Å². The highest BCUT2D eigenvalue weighted by atomic mass is 32.2. The number of sulfonamides is 1. The summed E-state index contributed by atoms with van der Waals surface area (Å²) in [5, 5.41) is 2.74. The van der Waals surface area contributed by atoms with E-state index in [2.05, 4.69) is 10.2 Å². The number of anilines is 1. The van der Waals surface area contributed by atoms with Crippen molar-refractivity contribution in [1.29, 1.82) is 0 Å². The van der Waals surface area contributed by atoms with Gasteiger partial charge in [0.05, 0.1) is 6.26 Å². The molecule has 1 N–H and O–H groups in total. The van der Waals surface area contributed by atoms with Gasteiger partial charge in [0.25, 0.3) is 0 Å². The van der Waals surface area contributed by atoms with E-state index in [0.29, 0.717) is 37.3 Å². The van der Waals surface area contributed by atoms with E-state index in [9.17, 15) is 17.6 Å². The number of likely N-dealkylation sites (tertiary alicyclic amines) is 2. The number of carbonyl (C=O) groups is 1. The van der Waals surface area contributed by atoms with Crippen LogP contribution >= 0.6 is 0 Å². The zero-order valence-electron chi connectivity index (χ0n) is 17.2. The van der Waals surface area contributed by atoms with Crippen molar-refractivity contribution in [2.45, 2.75) is 38.6 Å². The largest absolute Gasteiger partial charge is 0.323 e. The van der Waals surface area contributed by atoms with E-state index >= 15 is 0 Å². The first kappa shape index (κ1) is 22.0. The van der Waals surface area contributed by atoms with Crippen LogP contribution in [0.4, 0.5) is 14.9 Å². The smallest absolute Gasteiger partial charge is 0.321 e. The molecule has 2 fully saturated rings. The summed E-state index contributed by atoms with van der Waals surface area (Å²) in [4.78, 5) is 16.6. The maximum Gasteiger partial charge on any atom is 0.321 e. The average molecular weight is 427 g/mol. The molecule has 29 heavy (non-hydrogen) atoms. The molecule has 9 heteroatoms. The number of benzene rings is 1. The molecule has 0 aromatic heterocycles. The summed E-state index contributed by atoms with van der Waals surface area (Å²) in [7, 11) is -3.36. The summed E-state index contributed by atoms with van der Waals surface area (Å²) < 4.78 is 39.9. The van der Waals surface area contributed by atoms with Crippen LogP contribution < -0.4 is 5.32 Å². The van der Waals surface area contributed by atoms with Crippen LogP contribution in [0.3, 0.4) is 0 Å². The summed E-state index contributed by atoms with van der Waals surface area (Å²) in [6.45, 7) is 6.00. The van der Waals surface area contributed by atoms with Crippen molar-refractivity contribution in [2.75, 3.05) is 50.8 Å². The normalized spacial score (nSPS) is 20.6. The molecule has 2 aliphatic rings. The second-order valence-corrected chi connectivity index (χ2v) is 9.94. The Bertz CT molecular complexity index is 827. The Labute approximate surface area is 172 Å². The van der Waals surface area contributed by atoms with Gasteiger partial charge in [-0.2, -0.15) is 4.31 Å². The van der Waals surface area contributed by atoms with Gasteiger partial charge in [-0.3, -0.25) is 0 Å². The highest BCUT2D eigenvalue weighted by Gasteiger charge is 2.34. The molecular weight excluding hydrogens is 395 g/mol. The Balaban J connectivity index is 1.57. The fourth-order valence-electron chi connectivity index (χ4n) is 4.17. The van der Waals surface area contributed by atoms with E-state index in [4.69, 9.17) is 0 Å². The molecule has 2 saturated heterocycles. The Kier molecular flexibility index (Phi) is 7.13. The third kappa shape index (κ3) is 5.67. The molecule has 7 nitrogen and oxygen atoms in total. The van der Waals surface area contributed by atoms with E-state index < -0.39 is 10.0 Å². The van der Waals surface area contributed by atoms with Crippen molar-refractivity contribution in [3.63, 3.8) is 0 Å². The van der Waals surface area contributed by atoms with Crippen LogP contribution in [-0.4, -0.2) is 80.1 Å². The van der Waals surface area contributed by atoms with E-state index in [-0.39, 0.29) is 17.9 Å². The van der Waals surface area contributed by atoms with Gasteiger partial charge in [-0.1, -0.05) is 6.07 Å². The molecule has 1 unspecified atom stereocenters. The number of nitrogens with zero attached hydrogens (tertiary/aromatic N) is 3. The molecule has 1 atom stereocenters. The van der Waals surface area contributed by atoms with Crippen LogP contribution in [0.5, 0.6) is 0 Å². The van der Waals surface area contributed by atoms with Crippen molar-refractivity contribution < 1.29 is 17.6 Å². The van der Waals surface area contributed by atoms with Crippen LogP contribution in [0.15, 0.2) is 18.2 Å². The lowest BCUT2D eigenvalue weighted by Crippen LogP contribution is -2.44. The molecule has 2 aliphatic heterocycles. The fourth-order valence-corrected chi connectivity index (χ4v) is 5.35. The van der Waals surface area contributed by atoms with Gasteiger partial charge in [0, 0.05) is 36.9 Å². The second kappa shape index (κ2) is 9.40. The van der Waals surface area contributed by atoms with Crippen LogP contribution in [0.25, 0.3) is 0 Å². The summed E-state index contributed by atoms with van der Waals surface area (Å²) in [5.41, 5.74) is 0.820. The third-order valence-corrected chi connectivity index (χ3v) is 7.18. The SMILES string of the molecule is Cc1c(F)cccc1NC(=O)N1CCC(N(CCCN2CCCC2)S(C)(=O)=O)C1. The Hall–Kier alpha value is -1.71. The first-order valence-corrected chi connectivity index (χ1v) is 12.1. The highest BCUT2D eigenvalue weighted by molar-refractivity contribution is 7.88. The molecular formula is C20H31FN4O3S. The molecule has 2 heterocycles. The maximum atomic E-state index is 13.7. The van der Waals surface area contributed by atoms with Gasteiger partial charge in [0.2, 0.25) is 10.0 Å². The lowest BCUT2D eigenvalue weighted by atomic mass is 10.2. The Morgan fingerprint density at radius 1 is 1.28 bits per heavy atom. The van der Waals surface area contributed by atoms with Crippen molar-refractivity contribution in [3.05, 3.63) is 29.6 Å². The minimum atomic E-state index is -3.36. The molecule has 0 spiro atoms. The number of carbonyl (C=O) groups excluding carboxylic acids is 1. The molecule has 0 saturated carbocycles. The van der Waals surface area contributed by atoms with Gasteiger partial charge in [-0.15, -0.1) is 0 Å². The molecule has 2 amide bonds. The maximum absolute atomic E-state index is 13.7. The summed E-state index contributed by atoms with van der Waals surface area (Å²) in [5.74, 6) is -0.372. The molecule has 0 bridgehead atoms. The number of hydrogen-bond acceptors (Lipinski definition) is 4. The first-order valence-electron chi connectivity index (χ1n) is 10.3. The zero-order chi connectivity index (χ0) is 21.0. The van der Waals surface area contributed by atoms with Crippen LogP contribution in [0.1, 0.15) is 31.2 Å². The number of urea groups is 1. The minimum absolute atomic E-state index is 0.220. The van der Waals surface area contributed by atoms with Crippen LogP contribution in [0.2, 0.25) is 0 Å². The summed E-state index contributed by atoms with van der Waals surface area (Å²) in [6, 6.07) is 4.01. The van der Waals surface area contributed by atoms with Crippen molar-refractivity contribution in [1.82, 2.24) is 14.1 Å². The quantitative estimate of drug-likeness (QED) is 0.727. The predicted molar refractivity (Wildman–Crippen MR) is 112 cm³/mol. The molecule has 162 valence electrons. The third-order valence-electron chi connectivity index (χ3n) is 5.84. The first-order chi connectivity index (χ1) is 13.8. The second-order valence-electron chi connectivity index (χ2n) is 8.01.